The van der Waals surface area contributed by atoms with E-state index in [4.69, 9.17) is 43.4 Å². The van der Waals surface area contributed by atoms with Crippen molar-refractivity contribution in [3.05, 3.63) is 0 Å². The van der Waals surface area contributed by atoms with Crippen molar-refractivity contribution in [1.29, 1.82) is 0 Å². The van der Waals surface area contributed by atoms with Crippen LogP contribution >= 0.6 is 37.7 Å². The van der Waals surface area contributed by atoms with Gasteiger partial charge in [-0.25, -0.2) is 0 Å². The molecule has 0 heterocycles. The average molecular weight is 425 g/mol. The van der Waals surface area contributed by atoms with Crippen molar-refractivity contribution in [3.63, 3.8) is 0 Å². The van der Waals surface area contributed by atoms with Crippen molar-refractivity contribution in [2.45, 2.75) is 38.1 Å². The van der Waals surface area contributed by atoms with E-state index in [1.54, 1.807) is 0 Å². The number of rotatable bonds is 0. The van der Waals surface area contributed by atoms with Gasteiger partial charge >= 0.3 is 49.6 Å². The fraction of sp³-hybridized carbons (Fsp3) is 1.00. The van der Waals surface area contributed by atoms with E-state index >= 15 is 0 Å². The second-order valence-corrected chi connectivity index (χ2v) is 28.2. The van der Waals surface area contributed by atoms with E-state index in [1.807, 2.05) is 0 Å². The summed E-state index contributed by atoms with van der Waals surface area (Å²) in [5.41, 5.74) is 5.63. The van der Waals surface area contributed by atoms with E-state index < -0.39 is 11.9 Å². The molecule has 12 heavy (non-hydrogen) atoms. The molecule has 0 aromatic rings. The quantitative estimate of drug-likeness (QED) is 0.624. The summed E-state index contributed by atoms with van der Waals surface area (Å²) >= 11 is -3.28. The topological polar surface area (TPSA) is 26.0 Å². The van der Waals surface area contributed by atoms with Gasteiger partial charge in [-0.2, -0.15) is 0 Å². The minimum atomic E-state index is -3.28. The van der Waals surface area contributed by atoms with Crippen molar-refractivity contribution in [2.24, 2.45) is 5.73 Å². The molecule has 0 aromatic carbocycles. The van der Waals surface area contributed by atoms with Crippen molar-refractivity contribution in [1.82, 2.24) is 0 Å². The predicted molar refractivity (Wildman–Crippen MR) is 54.5 cm³/mol. The molecule has 0 aliphatic heterocycles. The molecular weight excluding hydrogens is 412 g/mol. The standard InChI is InChI=1S/C6H13N.4ClH.W/c7-6-4-2-1-3-5-6;;;;;/h6H,1-5,7H2;4*1H;/q;;;;;+4/p-4. The van der Waals surface area contributed by atoms with Crippen LogP contribution in [0.2, 0.25) is 0 Å². The summed E-state index contributed by atoms with van der Waals surface area (Å²) in [6, 6.07) is 0.536. The molecule has 0 amide bonds. The van der Waals surface area contributed by atoms with Crippen LogP contribution in [0.5, 0.6) is 0 Å². The first kappa shape index (κ1) is 13.8. The molecule has 1 aliphatic rings. The van der Waals surface area contributed by atoms with Gasteiger partial charge < -0.3 is 5.73 Å². The molecular formula is C6H13Cl4NW. The molecule has 1 nitrogen and oxygen atoms in total. The van der Waals surface area contributed by atoms with Gasteiger partial charge in [0.15, 0.2) is 0 Å². The van der Waals surface area contributed by atoms with Gasteiger partial charge in [-0.3, -0.25) is 0 Å². The molecule has 1 fully saturated rings. The maximum atomic E-state index is 5.63. The number of hydrogen-bond acceptors (Lipinski definition) is 1. The minimum absolute atomic E-state index is 0.536. The van der Waals surface area contributed by atoms with Crippen molar-refractivity contribution < 1.29 is 11.9 Å². The zero-order valence-corrected chi connectivity index (χ0v) is 12.6. The van der Waals surface area contributed by atoms with Crippen LogP contribution < -0.4 is 5.73 Å². The van der Waals surface area contributed by atoms with Gasteiger partial charge in [0.1, 0.15) is 0 Å². The van der Waals surface area contributed by atoms with Crippen LogP contribution in [0.25, 0.3) is 0 Å². The molecule has 0 unspecified atom stereocenters. The van der Waals surface area contributed by atoms with E-state index in [2.05, 4.69) is 0 Å². The SMILES string of the molecule is NC1CCCCC1.[Cl][W]([Cl])([Cl])[Cl]. The first-order valence-electron chi connectivity index (χ1n) is 3.77. The molecule has 1 saturated carbocycles. The summed E-state index contributed by atoms with van der Waals surface area (Å²) < 4.78 is 0. The summed E-state index contributed by atoms with van der Waals surface area (Å²) in [5, 5.41) is 0. The predicted octanol–water partition coefficient (Wildman–Crippen LogP) is 4.03. The van der Waals surface area contributed by atoms with Crippen molar-refractivity contribution >= 4 is 37.7 Å². The van der Waals surface area contributed by atoms with E-state index in [-0.39, 0.29) is 0 Å². The number of nitrogens with two attached hydrogens (primary N) is 1. The van der Waals surface area contributed by atoms with Gasteiger partial charge in [-0.05, 0) is 12.8 Å². The summed E-state index contributed by atoms with van der Waals surface area (Å²) in [6.07, 6.45) is 6.66. The van der Waals surface area contributed by atoms with Crippen molar-refractivity contribution in [2.75, 3.05) is 0 Å². The molecule has 0 spiro atoms. The van der Waals surface area contributed by atoms with Gasteiger partial charge in [0.2, 0.25) is 0 Å². The second-order valence-electron chi connectivity index (χ2n) is 2.75. The van der Waals surface area contributed by atoms with E-state index in [9.17, 15) is 0 Å². The third-order valence-electron chi connectivity index (χ3n) is 1.65. The van der Waals surface area contributed by atoms with Crippen LogP contribution in [-0.4, -0.2) is 6.04 Å². The Morgan fingerprint density at radius 1 is 0.917 bits per heavy atom. The molecule has 0 radical (unpaired) electrons. The van der Waals surface area contributed by atoms with Gasteiger partial charge in [0.25, 0.3) is 0 Å². The molecule has 0 bridgehead atoms. The Morgan fingerprint density at radius 2 is 1.25 bits per heavy atom. The van der Waals surface area contributed by atoms with Crippen LogP contribution in [0.1, 0.15) is 32.1 Å². The Balaban J connectivity index is 0.000000217. The molecule has 0 atom stereocenters. The first-order chi connectivity index (χ1) is 5.39. The van der Waals surface area contributed by atoms with E-state index in [1.165, 1.54) is 32.1 Å². The van der Waals surface area contributed by atoms with E-state index in [0.717, 1.165) is 0 Å². The van der Waals surface area contributed by atoms with Crippen LogP contribution in [0.4, 0.5) is 0 Å². The van der Waals surface area contributed by atoms with Gasteiger partial charge in [0.05, 0.1) is 0 Å². The normalized spacial score (nSPS) is 21.1. The molecule has 1 rings (SSSR count). The summed E-state index contributed by atoms with van der Waals surface area (Å²) in [4.78, 5) is 0. The molecule has 76 valence electrons. The third kappa shape index (κ3) is 14.3. The Hall–Kier alpha value is 1.81. The van der Waals surface area contributed by atoms with Gasteiger partial charge in [-0.15, -0.1) is 0 Å². The first-order valence-corrected chi connectivity index (χ1v) is 18.3. The fourth-order valence-electron chi connectivity index (χ4n) is 1.13. The third-order valence-corrected chi connectivity index (χ3v) is 1.65. The molecule has 1 aliphatic carbocycles. The van der Waals surface area contributed by atoms with Gasteiger partial charge in [-0.1, -0.05) is 19.3 Å². The zero-order chi connectivity index (χ0) is 9.61. The van der Waals surface area contributed by atoms with E-state index in [0.29, 0.717) is 6.04 Å². The molecule has 0 aromatic heterocycles. The van der Waals surface area contributed by atoms with Gasteiger partial charge in [0, 0.05) is 6.04 Å². The molecule has 0 saturated heterocycles. The summed E-state index contributed by atoms with van der Waals surface area (Å²) in [5.74, 6) is 0. The van der Waals surface area contributed by atoms with Crippen LogP contribution in [-0.2, 0) is 11.9 Å². The molecule has 6 heteroatoms. The monoisotopic (exact) mass is 423 g/mol. The molecule has 2 N–H and O–H groups in total. The van der Waals surface area contributed by atoms with Crippen molar-refractivity contribution in [3.8, 4) is 0 Å². The number of hydrogen-bond donors (Lipinski definition) is 1. The van der Waals surface area contributed by atoms with Crippen LogP contribution in [0, 0.1) is 0 Å². The Kier molecular flexibility index (Phi) is 8.22. The average Bonchev–Trinajstić information content (AvgIpc) is 1.85. The Labute approximate surface area is 92.8 Å². The summed E-state index contributed by atoms with van der Waals surface area (Å²) in [6.45, 7) is 0. The van der Waals surface area contributed by atoms with Crippen LogP contribution in [0.3, 0.4) is 0 Å². The second kappa shape index (κ2) is 7.15. The number of halogens is 4. The summed E-state index contributed by atoms with van der Waals surface area (Å²) in [7, 11) is 20.1. The fourth-order valence-corrected chi connectivity index (χ4v) is 1.13. The maximum absolute atomic E-state index is 5.63. The van der Waals surface area contributed by atoms with Crippen LogP contribution in [0.15, 0.2) is 0 Å². The Morgan fingerprint density at radius 3 is 1.42 bits per heavy atom. The Bertz CT molecular complexity index is 105. The zero-order valence-electron chi connectivity index (χ0n) is 6.61.